The molecule has 3 unspecified atom stereocenters. The van der Waals surface area contributed by atoms with Crippen LogP contribution in [0.25, 0.3) is 0 Å². The first-order chi connectivity index (χ1) is 17.0. The number of alkyl halides is 2. The molecule has 37 heavy (non-hydrogen) atoms. The Morgan fingerprint density at radius 2 is 1.70 bits per heavy atom. The summed E-state index contributed by atoms with van der Waals surface area (Å²) in [6, 6.07) is -3.82. The van der Waals surface area contributed by atoms with E-state index in [1.807, 2.05) is 0 Å². The molecule has 210 valence electrons. The molecule has 1 heterocycles. The molecule has 14 heteroatoms. The van der Waals surface area contributed by atoms with Gasteiger partial charge in [0.25, 0.3) is 11.8 Å². The minimum absolute atomic E-state index is 0.227. The van der Waals surface area contributed by atoms with Gasteiger partial charge in [0.15, 0.2) is 17.2 Å². The van der Waals surface area contributed by atoms with Gasteiger partial charge in [-0.05, 0) is 19.8 Å². The number of hydrogen-bond donors (Lipinski definition) is 5. The van der Waals surface area contributed by atoms with E-state index in [4.69, 9.17) is 16.2 Å². The van der Waals surface area contributed by atoms with Gasteiger partial charge in [0.1, 0.15) is 12.1 Å². The molecule has 0 radical (unpaired) electrons. The molecule has 1 saturated carbocycles. The number of likely N-dealkylation sites (tertiary alicyclic amines) is 1. The van der Waals surface area contributed by atoms with Crippen LogP contribution in [-0.2, 0) is 28.7 Å². The van der Waals surface area contributed by atoms with Crippen molar-refractivity contribution in [1.82, 2.24) is 15.5 Å². The van der Waals surface area contributed by atoms with Crippen LogP contribution in [-0.4, -0.2) is 101 Å². The molecule has 1 saturated heterocycles. The highest BCUT2D eigenvalue weighted by Gasteiger charge is 2.75. The number of ether oxygens (including phenoxy) is 1. The van der Waals surface area contributed by atoms with Crippen LogP contribution in [0.4, 0.5) is 8.78 Å². The van der Waals surface area contributed by atoms with E-state index in [-0.39, 0.29) is 19.4 Å². The lowest BCUT2D eigenvalue weighted by Gasteiger charge is -2.48. The molecule has 3 amide bonds. The number of carbonyl (C=O) groups excluding carboxylic acids is 5. The van der Waals surface area contributed by atoms with E-state index in [9.17, 15) is 37.9 Å². The van der Waals surface area contributed by atoms with E-state index in [1.165, 1.54) is 27.7 Å². The molecule has 7 N–H and O–H groups in total. The van der Waals surface area contributed by atoms with Gasteiger partial charge in [-0.15, -0.1) is 0 Å². The lowest BCUT2D eigenvalue weighted by Crippen LogP contribution is -2.78. The minimum atomic E-state index is -3.78. The van der Waals surface area contributed by atoms with Crippen molar-refractivity contribution in [3.63, 3.8) is 0 Å². The van der Waals surface area contributed by atoms with Crippen molar-refractivity contribution >= 4 is 29.3 Å². The van der Waals surface area contributed by atoms with Gasteiger partial charge in [-0.25, -0.2) is 8.78 Å². The summed E-state index contributed by atoms with van der Waals surface area (Å²) >= 11 is 0. The van der Waals surface area contributed by atoms with Gasteiger partial charge in [-0.1, -0.05) is 13.8 Å². The van der Waals surface area contributed by atoms with Crippen LogP contribution in [0.3, 0.4) is 0 Å². The first-order valence-corrected chi connectivity index (χ1v) is 12.1. The van der Waals surface area contributed by atoms with Crippen LogP contribution in [0.2, 0.25) is 0 Å². The fraction of sp³-hybridized carbons (Fsp3) is 0.783. The molecule has 0 bridgehead atoms. The number of aliphatic hydroxyl groups excluding tert-OH is 1. The first kappa shape index (κ1) is 30.7. The maximum Gasteiger partial charge on any atom is 0.287 e. The van der Waals surface area contributed by atoms with Crippen molar-refractivity contribution in [3.05, 3.63) is 0 Å². The number of fused-ring (bicyclic) bond motifs is 1. The van der Waals surface area contributed by atoms with E-state index in [2.05, 4.69) is 10.6 Å². The fourth-order valence-electron chi connectivity index (χ4n) is 5.12. The average molecular weight is 534 g/mol. The zero-order valence-corrected chi connectivity index (χ0v) is 21.7. The molecule has 0 aromatic heterocycles. The molecule has 0 aromatic carbocycles. The summed E-state index contributed by atoms with van der Waals surface area (Å²) < 4.78 is 34.1. The predicted octanol–water partition coefficient (Wildman–Crippen LogP) is -1.78. The number of Topliss-reactive ketones (excluding diaryl/α,β-unsaturated/α-hetero) is 2. The third-order valence-electron chi connectivity index (χ3n) is 7.26. The summed E-state index contributed by atoms with van der Waals surface area (Å²) in [5.41, 5.74) is 6.01. The van der Waals surface area contributed by atoms with Gasteiger partial charge in [0, 0.05) is 32.9 Å². The van der Waals surface area contributed by atoms with Crippen LogP contribution >= 0.6 is 0 Å². The molecule has 0 spiro atoms. The number of rotatable bonds is 10. The standard InChI is InChI=1S/C23H37F2N5O7/c1-11(2)16(17(33)22(24,25)10-26)29-20(36)23-15(32)7-6-14(31)21(23,37-5)8-9-30(23)19(35)13(4)28-18(34)12(3)27/h11-13,16-17,33H,6-10,26-27H2,1-5H3,(H,28,34)(H,29,36)/t12-,13-,16?,17?,21?,23+/m0/s1. The smallest absolute Gasteiger partial charge is 0.287 e. The van der Waals surface area contributed by atoms with Crippen LogP contribution in [0, 0.1) is 5.92 Å². The number of hydrogen-bond acceptors (Lipinski definition) is 9. The van der Waals surface area contributed by atoms with Crippen LogP contribution < -0.4 is 22.1 Å². The van der Waals surface area contributed by atoms with Crippen molar-refractivity contribution in [2.24, 2.45) is 17.4 Å². The summed E-state index contributed by atoms with van der Waals surface area (Å²) in [7, 11) is 1.12. The Balaban J connectivity index is 2.63. The second kappa shape index (κ2) is 11.1. The van der Waals surface area contributed by atoms with E-state index < -0.39 is 89.5 Å². The number of ketones is 2. The second-order valence-corrected chi connectivity index (χ2v) is 10.00. The zero-order valence-electron chi connectivity index (χ0n) is 21.7. The molecule has 6 atom stereocenters. The largest absolute Gasteiger partial charge is 0.385 e. The molecule has 1 aliphatic carbocycles. The van der Waals surface area contributed by atoms with Gasteiger partial charge < -0.3 is 36.8 Å². The Morgan fingerprint density at radius 3 is 2.19 bits per heavy atom. The summed E-state index contributed by atoms with van der Waals surface area (Å²) in [4.78, 5) is 67.2. The van der Waals surface area contributed by atoms with E-state index in [0.717, 1.165) is 12.0 Å². The Hall–Kier alpha value is -2.55. The van der Waals surface area contributed by atoms with Crippen molar-refractivity contribution < 1.29 is 42.6 Å². The number of methoxy groups -OCH3 is 1. The zero-order chi connectivity index (χ0) is 28.5. The summed E-state index contributed by atoms with van der Waals surface area (Å²) in [6.45, 7) is 4.14. The van der Waals surface area contributed by atoms with Gasteiger partial charge in [-0.2, -0.15) is 0 Å². The van der Waals surface area contributed by atoms with E-state index in [1.54, 1.807) is 0 Å². The van der Waals surface area contributed by atoms with Crippen LogP contribution in [0.5, 0.6) is 0 Å². The fourth-order valence-corrected chi connectivity index (χ4v) is 5.12. The number of halogens is 2. The number of nitrogens with zero attached hydrogens (tertiary/aromatic N) is 1. The second-order valence-electron chi connectivity index (χ2n) is 10.00. The molecule has 2 rings (SSSR count). The summed E-state index contributed by atoms with van der Waals surface area (Å²) in [5, 5.41) is 15.1. The normalized spacial score (nSPS) is 27.4. The predicted molar refractivity (Wildman–Crippen MR) is 126 cm³/mol. The minimum Gasteiger partial charge on any atom is -0.385 e. The number of nitrogens with one attached hydrogen (secondary N) is 2. The highest BCUT2D eigenvalue weighted by molar-refractivity contribution is 6.22. The van der Waals surface area contributed by atoms with E-state index >= 15 is 0 Å². The third-order valence-corrected chi connectivity index (χ3v) is 7.26. The Bertz CT molecular complexity index is 946. The number of nitrogens with two attached hydrogens (primary N) is 2. The molecule has 12 nitrogen and oxygen atoms in total. The number of aliphatic hydroxyl groups is 1. The quantitative estimate of drug-likeness (QED) is 0.202. The topological polar surface area (TPSA) is 194 Å². The lowest BCUT2D eigenvalue weighted by molar-refractivity contribution is -0.181. The maximum absolute atomic E-state index is 14.3. The molecular formula is C23H37F2N5O7. The van der Waals surface area contributed by atoms with E-state index in [0.29, 0.717) is 0 Å². The molecular weight excluding hydrogens is 496 g/mol. The summed E-state index contributed by atoms with van der Waals surface area (Å²) in [5.74, 6) is -8.78. The van der Waals surface area contributed by atoms with Crippen molar-refractivity contribution in [2.45, 2.75) is 88.2 Å². The number of carbonyl (C=O) groups is 5. The van der Waals surface area contributed by atoms with Gasteiger partial charge in [-0.3, -0.25) is 24.0 Å². The lowest BCUT2D eigenvalue weighted by atomic mass is 9.66. The average Bonchev–Trinajstić information content (AvgIpc) is 3.21. The Kier molecular flexibility index (Phi) is 9.16. The first-order valence-electron chi connectivity index (χ1n) is 12.1. The highest BCUT2D eigenvalue weighted by Crippen LogP contribution is 2.48. The van der Waals surface area contributed by atoms with Crippen LogP contribution in [0.1, 0.15) is 47.0 Å². The van der Waals surface area contributed by atoms with Gasteiger partial charge in [0.05, 0.1) is 18.6 Å². The monoisotopic (exact) mass is 533 g/mol. The Morgan fingerprint density at radius 1 is 1.14 bits per heavy atom. The number of amides is 3. The molecule has 1 aliphatic heterocycles. The van der Waals surface area contributed by atoms with Crippen molar-refractivity contribution in [2.75, 3.05) is 20.2 Å². The molecule has 2 fully saturated rings. The SMILES string of the molecule is COC12CCN(C(=O)[C@H](C)NC(=O)[C@H](C)N)[C@@]1(C(=O)NC(C(C)C)C(O)C(F)(F)CN)C(=O)CCC2=O. The third kappa shape index (κ3) is 4.99. The molecule has 0 aromatic rings. The van der Waals surface area contributed by atoms with Crippen LogP contribution in [0.15, 0.2) is 0 Å². The Labute approximate surface area is 213 Å². The van der Waals surface area contributed by atoms with Crippen molar-refractivity contribution in [1.29, 1.82) is 0 Å². The summed E-state index contributed by atoms with van der Waals surface area (Å²) in [6.07, 6.45) is -3.31. The van der Waals surface area contributed by atoms with Gasteiger partial charge >= 0.3 is 0 Å². The van der Waals surface area contributed by atoms with Crippen molar-refractivity contribution in [3.8, 4) is 0 Å². The maximum atomic E-state index is 14.3. The highest BCUT2D eigenvalue weighted by atomic mass is 19.3. The molecule has 2 aliphatic rings. The van der Waals surface area contributed by atoms with Gasteiger partial charge in [0.2, 0.25) is 17.4 Å².